The molecule has 0 aromatic rings. The second-order valence-electron chi connectivity index (χ2n) is 2.28. The minimum Gasteiger partial charge on any atom is -0.429 e. The number of carbonyl (C=O) groups is 1. The van der Waals surface area contributed by atoms with E-state index in [1.54, 1.807) is 13.8 Å². The second kappa shape index (κ2) is 3.54. The van der Waals surface area contributed by atoms with Gasteiger partial charge in [0.05, 0.1) is 0 Å². The molecule has 0 aromatic carbocycles. The molecule has 1 atom stereocenters. The third-order valence-electron chi connectivity index (χ3n) is 1.25. The van der Waals surface area contributed by atoms with Crippen LogP contribution in [0.5, 0.6) is 0 Å². The molecule has 0 saturated carbocycles. The van der Waals surface area contributed by atoms with Gasteiger partial charge in [-0.05, 0) is 0 Å². The van der Waals surface area contributed by atoms with Crippen LogP contribution in [-0.2, 0) is 9.53 Å². The fourth-order valence-corrected chi connectivity index (χ4v) is 0.382. The quantitative estimate of drug-likeness (QED) is 0.572. The number of esters is 1. The molecule has 0 fully saturated rings. The van der Waals surface area contributed by atoms with Gasteiger partial charge in [0.15, 0.2) is 0 Å². The van der Waals surface area contributed by atoms with E-state index in [1.807, 2.05) is 0 Å². The van der Waals surface area contributed by atoms with Gasteiger partial charge in [0.1, 0.15) is 0 Å². The van der Waals surface area contributed by atoms with Crippen molar-refractivity contribution < 1.29 is 13.9 Å². The van der Waals surface area contributed by atoms with Crippen molar-refractivity contribution in [2.45, 2.75) is 39.5 Å². The Bertz CT molecular complexity index is 121. The summed E-state index contributed by atoms with van der Waals surface area (Å²) < 4.78 is 17.2. The van der Waals surface area contributed by atoms with Crippen LogP contribution in [0.3, 0.4) is 0 Å². The van der Waals surface area contributed by atoms with Gasteiger partial charge in [-0.2, -0.15) is 4.39 Å². The normalized spacial score (nSPS) is 16.0. The average Bonchev–Trinajstić information content (AvgIpc) is 1.87. The molecule has 10 heavy (non-hydrogen) atoms. The van der Waals surface area contributed by atoms with Gasteiger partial charge >= 0.3 is 5.97 Å². The lowest BCUT2D eigenvalue weighted by atomic mass is 10.3. The van der Waals surface area contributed by atoms with Crippen LogP contribution in [0, 0.1) is 0 Å². The highest BCUT2D eigenvalue weighted by molar-refractivity contribution is 5.69. The largest absolute Gasteiger partial charge is 0.429 e. The van der Waals surface area contributed by atoms with E-state index in [0.717, 1.165) is 0 Å². The van der Waals surface area contributed by atoms with Gasteiger partial charge < -0.3 is 4.74 Å². The molecule has 0 N–H and O–H groups in total. The highest BCUT2D eigenvalue weighted by Gasteiger charge is 2.23. The van der Waals surface area contributed by atoms with Crippen molar-refractivity contribution >= 4 is 5.97 Å². The number of ether oxygens (including phenoxy) is 1. The molecule has 0 heterocycles. The zero-order valence-electron chi connectivity index (χ0n) is 6.61. The Morgan fingerprint density at radius 1 is 1.60 bits per heavy atom. The van der Waals surface area contributed by atoms with Gasteiger partial charge in [-0.15, -0.1) is 0 Å². The molecule has 0 aliphatic heterocycles. The van der Waals surface area contributed by atoms with Crippen LogP contribution in [0.2, 0.25) is 0 Å². The van der Waals surface area contributed by atoms with E-state index in [1.165, 1.54) is 6.92 Å². The minimum atomic E-state index is -1.78. The Kier molecular flexibility index (Phi) is 3.33. The summed E-state index contributed by atoms with van der Waals surface area (Å²) >= 11 is 0. The van der Waals surface area contributed by atoms with E-state index < -0.39 is 11.8 Å². The summed E-state index contributed by atoms with van der Waals surface area (Å²) in [6, 6.07) is 0. The van der Waals surface area contributed by atoms with E-state index in [9.17, 15) is 9.18 Å². The Balaban J connectivity index is 3.76. The zero-order chi connectivity index (χ0) is 8.20. The van der Waals surface area contributed by atoms with Crippen molar-refractivity contribution in [1.29, 1.82) is 0 Å². The Morgan fingerprint density at radius 3 is 2.40 bits per heavy atom. The van der Waals surface area contributed by atoms with Crippen LogP contribution in [0.4, 0.5) is 4.39 Å². The molecule has 60 valence electrons. The summed E-state index contributed by atoms with van der Waals surface area (Å²) in [6.45, 7) is 4.51. The number of halogens is 1. The van der Waals surface area contributed by atoms with Gasteiger partial charge in [-0.25, -0.2) is 0 Å². The van der Waals surface area contributed by atoms with Gasteiger partial charge in [0.25, 0.3) is 0 Å². The molecule has 0 bridgehead atoms. The third kappa shape index (κ3) is 3.43. The molecule has 0 aliphatic carbocycles. The molecular weight excluding hydrogens is 135 g/mol. The molecule has 3 heteroatoms. The first-order chi connectivity index (χ1) is 4.52. The van der Waals surface area contributed by atoms with Gasteiger partial charge in [0.2, 0.25) is 5.85 Å². The molecule has 0 aromatic heterocycles. The number of hydrogen-bond donors (Lipinski definition) is 0. The number of rotatable bonds is 3. The van der Waals surface area contributed by atoms with Crippen molar-refractivity contribution in [1.82, 2.24) is 0 Å². The fraction of sp³-hybridized carbons (Fsp3) is 0.857. The second-order valence-corrected chi connectivity index (χ2v) is 2.28. The standard InChI is InChI=1S/C7H13FO2/c1-4-6(9)10-7(3,8)5-2/h4-5H2,1-3H3. The van der Waals surface area contributed by atoms with Crippen molar-refractivity contribution in [3.63, 3.8) is 0 Å². The van der Waals surface area contributed by atoms with Crippen LogP contribution < -0.4 is 0 Å². The summed E-state index contributed by atoms with van der Waals surface area (Å²) in [7, 11) is 0. The van der Waals surface area contributed by atoms with E-state index in [2.05, 4.69) is 4.74 Å². The molecule has 0 amide bonds. The lowest BCUT2D eigenvalue weighted by Crippen LogP contribution is -2.24. The molecule has 2 nitrogen and oxygen atoms in total. The summed E-state index contributed by atoms with van der Waals surface area (Å²) in [6.07, 6.45) is 0.415. The summed E-state index contributed by atoms with van der Waals surface area (Å²) in [5.74, 6) is -2.28. The molecule has 0 aliphatic rings. The van der Waals surface area contributed by atoms with Crippen LogP contribution >= 0.6 is 0 Å². The Morgan fingerprint density at radius 2 is 2.10 bits per heavy atom. The zero-order valence-corrected chi connectivity index (χ0v) is 6.61. The monoisotopic (exact) mass is 148 g/mol. The van der Waals surface area contributed by atoms with Crippen LogP contribution in [-0.4, -0.2) is 11.8 Å². The molecule has 0 rings (SSSR count). The van der Waals surface area contributed by atoms with Crippen molar-refractivity contribution in [2.75, 3.05) is 0 Å². The lowest BCUT2D eigenvalue weighted by Gasteiger charge is -2.17. The maximum Gasteiger partial charge on any atom is 0.308 e. The molecule has 0 saturated heterocycles. The van der Waals surface area contributed by atoms with Crippen LogP contribution in [0.1, 0.15) is 33.6 Å². The Labute approximate surface area is 60.4 Å². The SMILES string of the molecule is CCC(=O)OC(C)(F)CC. The first-order valence-electron chi connectivity index (χ1n) is 3.42. The fourth-order valence-electron chi connectivity index (χ4n) is 0.382. The Hall–Kier alpha value is -0.600. The highest BCUT2D eigenvalue weighted by atomic mass is 19.2. The van der Waals surface area contributed by atoms with Crippen LogP contribution in [0.15, 0.2) is 0 Å². The first-order valence-corrected chi connectivity index (χ1v) is 3.42. The lowest BCUT2D eigenvalue weighted by molar-refractivity contribution is -0.178. The summed E-state index contributed by atoms with van der Waals surface area (Å²) in [5, 5.41) is 0. The number of alkyl halides is 1. The van der Waals surface area contributed by atoms with Crippen LogP contribution in [0.25, 0.3) is 0 Å². The average molecular weight is 148 g/mol. The molecule has 0 spiro atoms. The smallest absolute Gasteiger partial charge is 0.308 e. The van der Waals surface area contributed by atoms with E-state index in [4.69, 9.17) is 0 Å². The summed E-state index contributed by atoms with van der Waals surface area (Å²) in [5.41, 5.74) is 0. The van der Waals surface area contributed by atoms with E-state index in [-0.39, 0.29) is 12.8 Å². The topological polar surface area (TPSA) is 26.3 Å². The molecule has 1 unspecified atom stereocenters. The van der Waals surface area contributed by atoms with E-state index >= 15 is 0 Å². The predicted octanol–water partition coefficient (Wildman–Crippen LogP) is 2.04. The van der Waals surface area contributed by atoms with E-state index in [0.29, 0.717) is 0 Å². The first kappa shape index (κ1) is 9.40. The van der Waals surface area contributed by atoms with Crippen molar-refractivity contribution in [3.05, 3.63) is 0 Å². The van der Waals surface area contributed by atoms with Gasteiger partial charge in [-0.3, -0.25) is 4.79 Å². The van der Waals surface area contributed by atoms with Crippen molar-refractivity contribution in [2.24, 2.45) is 0 Å². The third-order valence-corrected chi connectivity index (χ3v) is 1.25. The molecule has 0 radical (unpaired) electrons. The maximum absolute atomic E-state index is 12.8. The number of carbonyl (C=O) groups excluding carboxylic acids is 1. The maximum atomic E-state index is 12.8. The minimum absolute atomic E-state index is 0.193. The highest BCUT2D eigenvalue weighted by Crippen LogP contribution is 2.16. The predicted molar refractivity (Wildman–Crippen MR) is 36.2 cm³/mol. The van der Waals surface area contributed by atoms with Crippen molar-refractivity contribution in [3.8, 4) is 0 Å². The molecular formula is C7H13FO2. The summed E-state index contributed by atoms with van der Waals surface area (Å²) in [4.78, 5) is 10.5. The van der Waals surface area contributed by atoms with Gasteiger partial charge in [0, 0.05) is 19.8 Å². The van der Waals surface area contributed by atoms with Gasteiger partial charge in [-0.1, -0.05) is 13.8 Å². The number of hydrogen-bond acceptors (Lipinski definition) is 2.